The Bertz CT molecular complexity index is 430. The average molecular weight is 569 g/mol. The first-order valence-corrected chi connectivity index (χ1v) is 13.6. The predicted molar refractivity (Wildman–Crippen MR) is 145 cm³/mol. The monoisotopic (exact) mass is 568 g/mol. The molecule has 0 bridgehead atoms. The van der Waals surface area contributed by atoms with Crippen molar-refractivity contribution in [3.05, 3.63) is 25.5 Å². The molecule has 0 radical (unpaired) electrons. The number of hydrogen-bond acceptors (Lipinski definition) is 12. The molecular formula is C27H52O12. The summed E-state index contributed by atoms with van der Waals surface area (Å²) in [6.07, 6.45) is 3.11. The van der Waals surface area contributed by atoms with Crippen LogP contribution in [0.1, 0.15) is 0 Å². The maximum atomic E-state index is 5.46. The average Bonchev–Trinajstić information content (AvgIpc) is 2.95. The Labute approximate surface area is 234 Å². The standard InChI is InChI=1S/C27H52O12/c1-3-5-29-8-9-31-12-13-33-16-17-35-20-21-37-24-25-39-27-26-38-23-22-36-19-18-34-15-14-32-11-10-30-7-6-28-4-2/h3-4H,1-2,5-27H2. The molecule has 0 spiro atoms. The molecule has 0 fully saturated rings. The van der Waals surface area contributed by atoms with Crippen molar-refractivity contribution >= 4 is 0 Å². The van der Waals surface area contributed by atoms with Gasteiger partial charge in [-0.1, -0.05) is 12.7 Å². The fraction of sp³-hybridized carbons (Fsp3) is 0.852. The predicted octanol–water partition coefficient (Wildman–Crippen LogP) is 1.52. The smallest absolute Gasteiger partial charge is 0.111 e. The van der Waals surface area contributed by atoms with Crippen LogP contribution >= 0.6 is 0 Å². The van der Waals surface area contributed by atoms with Crippen LogP contribution in [-0.4, -0.2) is 152 Å². The summed E-state index contributed by atoms with van der Waals surface area (Å²) in [6, 6.07) is 0. The summed E-state index contributed by atoms with van der Waals surface area (Å²) in [6.45, 7) is 19.1. The second-order valence-electron chi connectivity index (χ2n) is 7.52. The molecule has 0 heterocycles. The molecule has 0 aromatic rings. The maximum absolute atomic E-state index is 5.46. The van der Waals surface area contributed by atoms with Gasteiger partial charge < -0.3 is 56.8 Å². The van der Waals surface area contributed by atoms with Crippen LogP contribution in [0.2, 0.25) is 0 Å². The molecule has 0 aromatic carbocycles. The van der Waals surface area contributed by atoms with Crippen LogP contribution in [0.15, 0.2) is 25.5 Å². The number of hydrogen-bond donors (Lipinski definition) is 0. The van der Waals surface area contributed by atoms with E-state index < -0.39 is 0 Å². The van der Waals surface area contributed by atoms with Gasteiger partial charge in [0.05, 0.1) is 152 Å². The van der Waals surface area contributed by atoms with Gasteiger partial charge in [-0.3, -0.25) is 0 Å². The minimum atomic E-state index is 0.503. The molecular weight excluding hydrogens is 516 g/mol. The summed E-state index contributed by atoms with van der Waals surface area (Å²) < 4.78 is 64.3. The first-order chi connectivity index (χ1) is 19.4. The highest BCUT2D eigenvalue weighted by Gasteiger charge is 1.96. The number of rotatable bonds is 36. The zero-order chi connectivity index (χ0) is 28.2. The molecule has 12 heteroatoms. The van der Waals surface area contributed by atoms with E-state index >= 15 is 0 Å². The van der Waals surface area contributed by atoms with Gasteiger partial charge in [0.25, 0.3) is 0 Å². The third-order valence-corrected chi connectivity index (χ3v) is 4.42. The molecule has 0 aromatic heterocycles. The van der Waals surface area contributed by atoms with Crippen molar-refractivity contribution in [2.45, 2.75) is 0 Å². The van der Waals surface area contributed by atoms with Crippen molar-refractivity contribution in [3.8, 4) is 0 Å². The molecule has 0 rings (SSSR count). The van der Waals surface area contributed by atoms with Gasteiger partial charge in [0, 0.05) is 0 Å². The summed E-state index contributed by atoms with van der Waals surface area (Å²) in [5.74, 6) is 0. The summed E-state index contributed by atoms with van der Waals surface area (Å²) in [5.41, 5.74) is 0. The normalized spacial score (nSPS) is 11.2. The largest absolute Gasteiger partial charge is 0.499 e. The van der Waals surface area contributed by atoms with Crippen LogP contribution in [0.25, 0.3) is 0 Å². The molecule has 0 saturated carbocycles. The molecule has 0 atom stereocenters. The van der Waals surface area contributed by atoms with Gasteiger partial charge in [0.1, 0.15) is 6.61 Å². The summed E-state index contributed by atoms with van der Waals surface area (Å²) in [4.78, 5) is 0. The summed E-state index contributed by atoms with van der Waals surface area (Å²) in [5, 5.41) is 0. The van der Waals surface area contributed by atoms with Crippen LogP contribution in [0.5, 0.6) is 0 Å². The van der Waals surface area contributed by atoms with E-state index in [-0.39, 0.29) is 0 Å². The van der Waals surface area contributed by atoms with Crippen LogP contribution in [0.3, 0.4) is 0 Å². The molecule has 12 nitrogen and oxygen atoms in total. The molecule has 0 aliphatic carbocycles. The highest BCUT2D eigenvalue weighted by Crippen LogP contribution is 1.87. The third kappa shape index (κ3) is 36.8. The van der Waals surface area contributed by atoms with E-state index in [0.717, 1.165) is 0 Å². The first-order valence-electron chi connectivity index (χ1n) is 13.6. The molecule has 39 heavy (non-hydrogen) atoms. The molecule has 0 aliphatic heterocycles. The van der Waals surface area contributed by atoms with E-state index in [0.29, 0.717) is 152 Å². The molecule has 0 amide bonds. The van der Waals surface area contributed by atoms with Gasteiger partial charge in [-0.2, -0.15) is 0 Å². The van der Waals surface area contributed by atoms with Gasteiger partial charge in [0.2, 0.25) is 0 Å². The lowest BCUT2D eigenvalue weighted by Crippen LogP contribution is -2.15. The zero-order valence-electron chi connectivity index (χ0n) is 23.7. The fourth-order valence-electron chi connectivity index (χ4n) is 2.56. The van der Waals surface area contributed by atoms with Gasteiger partial charge in [-0.25, -0.2) is 0 Å². The van der Waals surface area contributed by atoms with Crippen molar-refractivity contribution < 1.29 is 56.8 Å². The van der Waals surface area contributed by atoms with Gasteiger partial charge in [-0.15, -0.1) is 6.58 Å². The Balaban J connectivity index is 3.02. The highest BCUT2D eigenvalue weighted by molar-refractivity contribution is 4.63. The van der Waals surface area contributed by atoms with Gasteiger partial charge >= 0.3 is 0 Å². The molecule has 0 aliphatic rings. The van der Waals surface area contributed by atoms with Crippen LogP contribution in [0.4, 0.5) is 0 Å². The summed E-state index contributed by atoms with van der Waals surface area (Å²) >= 11 is 0. The summed E-state index contributed by atoms with van der Waals surface area (Å²) in [7, 11) is 0. The van der Waals surface area contributed by atoms with E-state index in [2.05, 4.69) is 13.2 Å². The second-order valence-corrected chi connectivity index (χ2v) is 7.52. The Kier molecular flexibility index (Phi) is 35.7. The Morgan fingerprint density at radius 2 is 0.487 bits per heavy atom. The van der Waals surface area contributed by atoms with Crippen molar-refractivity contribution in [2.24, 2.45) is 0 Å². The first kappa shape index (κ1) is 37.8. The van der Waals surface area contributed by atoms with E-state index in [4.69, 9.17) is 56.8 Å². The van der Waals surface area contributed by atoms with Crippen LogP contribution < -0.4 is 0 Å². The Hall–Kier alpha value is -1.16. The third-order valence-electron chi connectivity index (χ3n) is 4.42. The quantitative estimate of drug-likeness (QED) is 0.0621. The van der Waals surface area contributed by atoms with Crippen molar-refractivity contribution in [2.75, 3.05) is 152 Å². The molecule has 0 N–H and O–H groups in total. The lowest BCUT2D eigenvalue weighted by atomic mass is 10.6. The lowest BCUT2D eigenvalue weighted by molar-refractivity contribution is -0.0276. The molecule has 0 unspecified atom stereocenters. The van der Waals surface area contributed by atoms with E-state index in [1.165, 1.54) is 6.26 Å². The second kappa shape index (κ2) is 36.8. The zero-order valence-corrected chi connectivity index (χ0v) is 23.7. The fourth-order valence-corrected chi connectivity index (χ4v) is 2.56. The van der Waals surface area contributed by atoms with E-state index in [9.17, 15) is 0 Å². The lowest BCUT2D eigenvalue weighted by Gasteiger charge is -2.09. The van der Waals surface area contributed by atoms with Crippen molar-refractivity contribution in [3.63, 3.8) is 0 Å². The van der Waals surface area contributed by atoms with Gasteiger partial charge in [-0.05, 0) is 0 Å². The van der Waals surface area contributed by atoms with Crippen molar-refractivity contribution in [1.82, 2.24) is 0 Å². The topological polar surface area (TPSA) is 111 Å². The highest BCUT2D eigenvalue weighted by atomic mass is 16.6. The van der Waals surface area contributed by atoms with Crippen molar-refractivity contribution in [1.29, 1.82) is 0 Å². The Morgan fingerprint density at radius 1 is 0.282 bits per heavy atom. The van der Waals surface area contributed by atoms with E-state index in [1.54, 1.807) is 6.08 Å². The molecule has 0 saturated heterocycles. The van der Waals surface area contributed by atoms with Crippen LogP contribution in [-0.2, 0) is 56.8 Å². The number of ether oxygens (including phenoxy) is 12. The minimum Gasteiger partial charge on any atom is -0.499 e. The van der Waals surface area contributed by atoms with Gasteiger partial charge in [0.15, 0.2) is 0 Å². The molecule has 232 valence electrons. The Morgan fingerprint density at radius 3 is 0.692 bits per heavy atom. The minimum absolute atomic E-state index is 0.503. The van der Waals surface area contributed by atoms with E-state index in [1.807, 2.05) is 0 Å². The SMILES string of the molecule is C=CCOCCOCCOCCOCCOCCOCCOCCOCCOCCOCCOCCOC=C. The maximum Gasteiger partial charge on any atom is 0.111 e. The van der Waals surface area contributed by atoms with Crippen LogP contribution in [0, 0.1) is 0 Å².